The normalized spacial score (nSPS) is 11.6. The number of aromatic nitrogens is 2. The van der Waals surface area contributed by atoms with Crippen LogP contribution in [0.3, 0.4) is 0 Å². The van der Waals surface area contributed by atoms with Crippen LogP contribution in [0.5, 0.6) is 0 Å². The Balaban J connectivity index is 1.96. The summed E-state index contributed by atoms with van der Waals surface area (Å²) in [6.45, 7) is 1.85. The third-order valence-corrected chi connectivity index (χ3v) is 4.00. The number of amides is 1. The molecule has 1 N–H and O–H groups in total. The van der Waals surface area contributed by atoms with E-state index in [1.54, 1.807) is 35.5 Å². The van der Waals surface area contributed by atoms with Crippen LogP contribution >= 0.6 is 0 Å². The molecule has 2 heterocycles. The van der Waals surface area contributed by atoms with Gasteiger partial charge >= 0.3 is 6.18 Å². The number of nitrogens with zero attached hydrogens (tertiary/aromatic N) is 3. The number of nitrogens with one attached hydrogen (secondary N) is 1. The Morgan fingerprint density at radius 2 is 1.92 bits per heavy atom. The molecule has 0 saturated heterocycles. The number of fused-ring (bicyclic) bond motifs is 1. The maximum atomic E-state index is 13.4. The first-order chi connectivity index (χ1) is 12.2. The number of aryl methyl sites for hydroxylation is 1. The van der Waals surface area contributed by atoms with E-state index in [2.05, 4.69) is 10.3 Å². The first-order valence-corrected chi connectivity index (χ1v) is 7.81. The maximum absolute atomic E-state index is 13.4. The van der Waals surface area contributed by atoms with Crippen molar-refractivity contribution in [1.29, 1.82) is 0 Å². The second-order valence-corrected chi connectivity index (χ2v) is 6.10. The van der Waals surface area contributed by atoms with Crippen LogP contribution in [0.1, 0.15) is 21.7 Å². The van der Waals surface area contributed by atoms with Gasteiger partial charge in [0.25, 0.3) is 5.91 Å². The molecule has 1 aromatic carbocycles. The first kappa shape index (κ1) is 17.8. The zero-order valence-electron chi connectivity index (χ0n) is 14.4. The third kappa shape index (κ3) is 3.35. The first-order valence-electron chi connectivity index (χ1n) is 7.81. The van der Waals surface area contributed by atoms with Gasteiger partial charge < -0.3 is 14.6 Å². The fraction of sp³-hybridized carbons (Fsp3) is 0.222. The van der Waals surface area contributed by atoms with Gasteiger partial charge in [0.15, 0.2) is 0 Å². The van der Waals surface area contributed by atoms with Gasteiger partial charge in [-0.3, -0.25) is 4.79 Å². The van der Waals surface area contributed by atoms with E-state index in [-0.39, 0.29) is 11.4 Å². The number of hydrogen-bond acceptors (Lipinski definition) is 3. The van der Waals surface area contributed by atoms with Gasteiger partial charge in [-0.15, -0.1) is 0 Å². The van der Waals surface area contributed by atoms with Crippen LogP contribution in [0.25, 0.3) is 5.65 Å². The molecule has 0 radical (unpaired) electrons. The molecule has 0 unspecified atom stereocenters. The Morgan fingerprint density at radius 1 is 1.19 bits per heavy atom. The van der Waals surface area contributed by atoms with Gasteiger partial charge in [-0.1, -0.05) is 6.07 Å². The molecule has 0 aliphatic rings. The number of imidazole rings is 1. The number of benzene rings is 1. The molecule has 0 bridgehead atoms. The van der Waals surface area contributed by atoms with Gasteiger partial charge in [-0.25, -0.2) is 4.98 Å². The topological polar surface area (TPSA) is 49.6 Å². The van der Waals surface area contributed by atoms with Gasteiger partial charge in [0.05, 0.1) is 11.3 Å². The van der Waals surface area contributed by atoms with Crippen LogP contribution in [0, 0.1) is 6.92 Å². The summed E-state index contributed by atoms with van der Waals surface area (Å²) in [4.78, 5) is 18.2. The number of halogens is 3. The lowest BCUT2D eigenvalue weighted by molar-refractivity contribution is -0.136. The second kappa shape index (κ2) is 6.36. The molecule has 5 nitrogen and oxygen atoms in total. The molecule has 2 aromatic heterocycles. The van der Waals surface area contributed by atoms with Gasteiger partial charge in [0, 0.05) is 31.7 Å². The predicted molar refractivity (Wildman–Crippen MR) is 93.7 cm³/mol. The van der Waals surface area contributed by atoms with Crippen LogP contribution in [0.15, 0.2) is 42.6 Å². The average molecular weight is 362 g/mol. The largest absolute Gasteiger partial charge is 0.418 e. The predicted octanol–water partition coefficient (Wildman–Crippen LogP) is 3.98. The summed E-state index contributed by atoms with van der Waals surface area (Å²) in [5.41, 5.74) is 0.635. The minimum atomic E-state index is -4.59. The van der Waals surface area contributed by atoms with E-state index in [9.17, 15) is 18.0 Å². The van der Waals surface area contributed by atoms with E-state index in [1.165, 1.54) is 18.3 Å². The van der Waals surface area contributed by atoms with Crippen LogP contribution in [-0.4, -0.2) is 29.4 Å². The summed E-state index contributed by atoms with van der Waals surface area (Å²) in [6.07, 6.45) is -3.09. The van der Waals surface area contributed by atoms with Crippen molar-refractivity contribution in [3.63, 3.8) is 0 Å². The standard InChI is InChI=1S/C18H17F3N4O/c1-11-5-4-6-16-22-15(10-25(11)16)17(26)23-14-8-7-12(24(2)3)9-13(14)18(19,20)21/h4-10H,1-3H3,(H,23,26). The lowest BCUT2D eigenvalue weighted by Gasteiger charge is -2.18. The summed E-state index contributed by atoms with van der Waals surface area (Å²) in [7, 11) is 3.29. The number of anilines is 2. The molecular formula is C18H17F3N4O. The third-order valence-electron chi connectivity index (χ3n) is 4.00. The number of pyridine rings is 1. The molecular weight excluding hydrogens is 345 g/mol. The highest BCUT2D eigenvalue weighted by Crippen LogP contribution is 2.37. The van der Waals surface area contributed by atoms with E-state index in [0.717, 1.165) is 11.8 Å². The van der Waals surface area contributed by atoms with E-state index >= 15 is 0 Å². The van der Waals surface area contributed by atoms with E-state index in [0.29, 0.717) is 11.3 Å². The molecule has 0 saturated carbocycles. The Labute approximate surface area is 148 Å². The number of alkyl halides is 3. The van der Waals surface area contributed by atoms with Crippen molar-refractivity contribution in [2.24, 2.45) is 0 Å². The molecule has 3 rings (SSSR count). The minimum Gasteiger partial charge on any atom is -0.378 e. The van der Waals surface area contributed by atoms with Gasteiger partial charge in [-0.05, 0) is 37.3 Å². The summed E-state index contributed by atoms with van der Waals surface area (Å²) in [6, 6.07) is 9.12. The Bertz CT molecular complexity index is 976. The highest BCUT2D eigenvalue weighted by atomic mass is 19.4. The highest BCUT2D eigenvalue weighted by molar-refractivity contribution is 6.03. The molecule has 0 fully saturated rings. The Hall–Kier alpha value is -3.03. The van der Waals surface area contributed by atoms with Crippen molar-refractivity contribution in [2.75, 3.05) is 24.3 Å². The van der Waals surface area contributed by atoms with Crippen molar-refractivity contribution in [3.05, 3.63) is 59.5 Å². The highest BCUT2D eigenvalue weighted by Gasteiger charge is 2.34. The van der Waals surface area contributed by atoms with E-state index < -0.39 is 17.6 Å². The van der Waals surface area contributed by atoms with Gasteiger partial charge in [0.2, 0.25) is 0 Å². The molecule has 0 spiro atoms. The van der Waals surface area contributed by atoms with Crippen molar-refractivity contribution < 1.29 is 18.0 Å². The van der Waals surface area contributed by atoms with Gasteiger partial charge in [0.1, 0.15) is 11.3 Å². The van der Waals surface area contributed by atoms with Crippen molar-refractivity contribution >= 4 is 22.9 Å². The molecule has 3 aromatic rings. The lowest BCUT2D eigenvalue weighted by Crippen LogP contribution is -2.18. The second-order valence-electron chi connectivity index (χ2n) is 6.10. The average Bonchev–Trinajstić information content (AvgIpc) is 3.00. The number of hydrogen-bond donors (Lipinski definition) is 1. The smallest absolute Gasteiger partial charge is 0.378 e. The minimum absolute atomic E-state index is 0.0455. The monoisotopic (exact) mass is 362 g/mol. The van der Waals surface area contributed by atoms with E-state index in [4.69, 9.17) is 0 Å². The fourth-order valence-corrected chi connectivity index (χ4v) is 2.60. The van der Waals surface area contributed by atoms with E-state index in [1.807, 2.05) is 13.0 Å². The number of carbonyl (C=O) groups excluding carboxylic acids is 1. The van der Waals surface area contributed by atoms with Crippen molar-refractivity contribution in [2.45, 2.75) is 13.1 Å². The molecule has 8 heteroatoms. The van der Waals surface area contributed by atoms with Crippen LogP contribution in [0.2, 0.25) is 0 Å². The molecule has 26 heavy (non-hydrogen) atoms. The molecule has 1 amide bonds. The number of rotatable bonds is 3. The summed E-state index contributed by atoms with van der Waals surface area (Å²) in [5, 5.41) is 2.33. The molecule has 0 aliphatic carbocycles. The summed E-state index contributed by atoms with van der Waals surface area (Å²) in [5.74, 6) is -0.698. The maximum Gasteiger partial charge on any atom is 0.418 e. The molecule has 0 atom stereocenters. The summed E-state index contributed by atoms with van der Waals surface area (Å²) < 4.78 is 41.8. The summed E-state index contributed by atoms with van der Waals surface area (Å²) >= 11 is 0. The fourth-order valence-electron chi connectivity index (χ4n) is 2.60. The van der Waals surface area contributed by atoms with Crippen molar-refractivity contribution in [1.82, 2.24) is 9.38 Å². The lowest BCUT2D eigenvalue weighted by atomic mass is 10.1. The Kier molecular flexibility index (Phi) is 4.35. The number of carbonyl (C=O) groups is 1. The van der Waals surface area contributed by atoms with Crippen LogP contribution < -0.4 is 10.2 Å². The zero-order chi connectivity index (χ0) is 19.1. The zero-order valence-corrected chi connectivity index (χ0v) is 14.4. The Morgan fingerprint density at radius 3 is 2.54 bits per heavy atom. The van der Waals surface area contributed by atoms with Gasteiger partial charge in [-0.2, -0.15) is 13.2 Å². The van der Waals surface area contributed by atoms with Crippen molar-refractivity contribution in [3.8, 4) is 0 Å². The van der Waals surface area contributed by atoms with Crippen LogP contribution in [0.4, 0.5) is 24.5 Å². The molecule has 136 valence electrons. The SMILES string of the molecule is Cc1cccc2nc(C(=O)Nc3ccc(N(C)C)cc3C(F)(F)F)cn12. The quantitative estimate of drug-likeness (QED) is 0.767. The molecule has 0 aliphatic heterocycles. The van der Waals surface area contributed by atoms with Crippen LogP contribution in [-0.2, 0) is 6.18 Å².